The first-order valence-corrected chi connectivity index (χ1v) is 4.49. The smallest absolute Gasteiger partial charge is 0.133 e. The molecule has 0 amide bonds. The molecule has 2 rings (SSSR count). The topological polar surface area (TPSA) is 56.0 Å². The molecule has 0 aromatic carbocycles. The molecule has 1 aliphatic rings. The van der Waals surface area contributed by atoms with Crippen LogP contribution >= 0.6 is 0 Å². The number of Topliss-reactive ketones (excluding diaryl/α,β-unsaturated/α-hetero) is 1. The van der Waals surface area contributed by atoms with Crippen molar-refractivity contribution in [3.8, 4) is 0 Å². The Kier molecular flexibility index (Phi) is 2.00. The second-order valence-electron chi connectivity index (χ2n) is 3.49. The Hall–Kier alpha value is -1.38. The number of aromatic nitrogens is 1. The lowest BCUT2D eigenvalue weighted by atomic mass is 10.0. The van der Waals surface area contributed by atoms with Crippen LogP contribution < -0.4 is 5.73 Å². The average Bonchev–Trinajstić information content (AvgIpc) is 2.53. The highest BCUT2D eigenvalue weighted by Gasteiger charge is 2.24. The zero-order valence-corrected chi connectivity index (χ0v) is 7.36. The van der Waals surface area contributed by atoms with E-state index in [9.17, 15) is 4.79 Å². The van der Waals surface area contributed by atoms with E-state index in [1.807, 2.05) is 12.1 Å². The number of carbonyl (C=O) groups excluding carboxylic acids is 1. The molecule has 1 saturated carbocycles. The molecule has 1 unspecified atom stereocenters. The zero-order chi connectivity index (χ0) is 9.26. The monoisotopic (exact) mass is 176 g/mol. The van der Waals surface area contributed by atoms with E-state index in [-0.39, 0.29) is 0 Å². The van der Waals surface area contributed by atoms with Gasteiger partial charge in [-0.05, 0) is 18.6 Å². The molecule has 0 saturated heterocycles. The predicted molar refractivity (Wildman–Crippen MR) is 50.2 cm³/mol. The molecule has 68 valence electrons. The molecule has 0 spiro atoms. The van der Waals surface area contributed by atoms with Gasteiger partial charge in [0.25, 0.3) is 0 Å². The second-order valence-corrected chi connectivity index (χ2v) is 3.49. The lowest BCUT2D eigenvalue weighted by Gasteiger charge is -2.06. The molecule has 0 radical (unpaired) electrons. The van der Waals surface area contributed by atoms with Crippen molar-refractivity contribution in [1.29, 1.82) is 0 Å². The molecule has 3 heteroatoms. The summed E-state index contributed by atoms with van der Waals surface area (Å²) in [6.07, 6.45) is 3.95. The van der Waals surface area contributed by atoms with E-state index >= 15 is 0 Å². The van der Waals surface area contributed by atoms with E-state index in [0.717, 1.165) is 12.1 Å². The Morgan fingerprint density at radius 2 is 2.31 bits per heavy atom. The SMILES string of the molecule is Nc1ccc(C2CCC(=O)C2)nc1. The van der Waals surface area contributed by atoms with Crippen LogP contribution in [0.1, 0.15) is 30.9 Å². The van der Waals surface area contributed by atoms with Crippen LogP contribution in [0.25, 0.3) is 0 Å². The maximum Gasteiger partial charge on any atom is 0.133 e. The fourth-order valence-electron chi connectivity index (χ4n) is 1.72. The number of nitrogens with zero attached hydrogens (tertiary/aromatic N) is 1. The summed E-state index contributed by atoms with van der Waals surface area (Å²) >= 11 is 0. The Morgan fingerprint density at radius 3 is 2.85 bits per heavy atom. The predicted octanol–water partition coefficient (Wildman–Crippen LogP) is 1.50. The third-order valence-electron chi connectivity index (χ3n) is 2.47. The van der Waals surface area contributed by atoms with Gasteiger partial charge in [0.15, 0.2) is 0 Å². The van der Waals surface area contributed by atoms with Crippen LogP contribution in [0.5, 0.6) is 0 Å². The number of anilines is 1. The maximum absolute atomic E-state index is 11.0. The molecule has 1 heterocycles. The van der Waals surface area contributed by atoms with Crippen molar-refractivity contribution < 1.29 is 4.79 Å². The molecule has 0 aliphatic heterocycles. The Balaban J connectivity index is 2.17. The highest BCUT2D eigenvalue weighted by atomic mass is 16.1. The molecule has 3 nitrogen and oxygen atoms in total. The molecule has 1 aromatic heterocycles. The summed E-state index contributed by atoms with van der Waals surface area (Å²) in [5.41, 5.74) is 7.20. The molecule has 0 bridgehead atoms. The number of hydrogen-bond acceptors (Lipinski definition) is 3. The van der Waals surface area contributed by atoms with E-state index in [1.165, 1.54) is 0 Å². The number of nitrogens with two attached hydrogens (primary N) is 1. The minimum Gasteiger partial charge on any atom is -0.397 e. The van der Waals surface area contributed by atoms with Gasteiger partial charge in [0, 0.05) is 24.5 Å². The Morgan fingerprint density at radius 1 is 1.46 bits per heavy atom. The van der Waals surface area contributed by atoms with Gasteiger partial charge in [-0.3, -0.25) is 9.78 Å². The molecule has 1 aromatic rings. The molecular weight excluding hydrogens is 164 g/mol. The van der Waals surface area contributed by atoms with Gasteiger partial charge in [-0.25, -0.2) is 0 Å². The summed E-state index contributed by atoms with van der Waals surface area (Å²) in [5.74, 6) is 0.678. The van der Waals surface area contributed by atoms with Crippen molar-refractivity contribution in [2.45, 2.75) is 25.2 Å². The Labute approximate surface area is 77.0 Å². The van der Waals surface area contributed by atoms with Crippen LogP contribution in [0.4, 0.5) is 5.69 Å². The van der Waals surface area contributed by atoms with Gasteiger partial charge in [0.05, 0.1) is 11.9 Å². The minimum absolute atomic E-state index is 0.327. The minimum atomic E-state index is 0.327. The van der Waals surface area contributed by atoms with Gasteiger partial charge >= 0.3 is 0 Å². The molecule has 13 heavy (non-hydrogen) atoms. The third-order valence-corrected chi connectivity index (χ3v) is 2.47. The summed E-state index contributed by atoms with van der Waals surface area (Å²) in [5, 5.41) is 0. The number of nitrogen functional groups attached to an aromatic ring is 1. The standard InChI is InChI=1S/C10H12N2O/c11-8-2-4-10(12-6-8)7-1-3-9(13)5-7/h2,4,6-7H,1,3,5,11H2. The average molecular weight is 176 g/mol. The number of rotatable bonds is 1. The fourth-order valence-corrected chi connectivity index (χ4v) is 1.72. The highest BCUT2D eigenvalue weighted by molar-refractivity contribution is 5.81. The Bertz CT molecular complexity index is 318. The number of carbonyl (C=O) groups is 1. The number of hydrogen-bond donors (Lipinski definition) is 1. The number of ketones is 1. The van der Waals surface area contributed by atoms with Gasteiger partial charge in [0.1, 0.15) is 5.78 Å². The zero-order valence-electron chi connectivity index (χ0n) is 7.36. The summed E-state index contributed by atoms with van der Waals surface area (Å²) in [6.45, 7) is 0. The fraction of sp³-hybridized carbons (Fsp3) is 0.400. The maximum atomic E-state index is 11.0. The van der Waals surface area contributed by atoms with Crippen LogP contribution in [0, 0.1) is 0 Å². The van der Waals surface area contributed by atoms with Crippen molar-refractivity contribution >= 4 is 11.5 Å². The molecule has 1 atom stereocenters. The van der Waals surface area contributed by atoms with Crippen molar-refractivity contribution in [2.24, 2.45) is 0 Å². The van der Waals surface area contributed by atoms with Crippen LogP contribution in [0.2, 0.25) is 0 Å². The van der Waals surface area contributed by atoms with E-state index in [1.54, 1.807) is 6.20 Å². The third kappa shape index (κ3) is 1.69. The van der Waals surface area contributed by atoms with Crippen LogP contribution in [-0.2, 0) is 4.79 Å². The van der Waals surface area contributed by atoms with Crippen LogP contribution in [0.15, 0.2) is 18.3 Å². The van der Waals surface area contributed by atoms with Crippen molar-refractivity contribution in [2.75, 3.05) is 5.73 Å². The number of pyridine rings is 1. The normalized spacial score (nSPS) is 22.2. The van der Waals surface area contributed by atoms with Gasteiger partial charge in [-0.15, -0.1) is 0 Å². The van der Waals surface area contributed by atoms with Crippen molar-refractivity contribution in [3.05, 3.63) is 24.0 Å². The van der Waals surface area contributed by atoms with Crippen LogP contribution in [0.3, 0.4) is 0 Å². The summed E-state index contributed by atoms with van der Waals surface area (Å²) in [7, 11) is 0. The van der Waals surface area contributed by atoms with Crippen molar-refractivity contribution in [1.82, 2.24) is 4.98 Å². The summed E-state index contributed by atoms with van der Waals surface area (Å²) in [4.78, 5) is 15.3. The van der Waals surface area contributed by atoms with Crippen LogP contribution in [-0.4, -0.2) is 10.8 Å². The second kappa shape index (κ2) is 3.17. The van der Waals surface area contributed by atoms with Gasteiger partial charge in [-0.2, -0.15) is 0 Å². The van der Waals surface area contributed by atoms with Crippen molar-refractivity contribution in [3.63, 3.8) is 0 Å². The van der Waals surface area contributed by atoms with Gasteiger partial charge < -0.3 is 5.73 Å². The lowest BCUT2D eigenvalue weighted by molar-refractivity contribution is -0.117. The molecule has 1 aliphatic carbocycles. The first-order chi connectivity index (χ1) is 6.25. The van der Waals surface area contributed by atoms with Gasteiger partial charge in [0.2, 0.25) is 0 Å². The van der Waals surface area contributed by atoms with E-state index in [2.05, 4.69) is 4.98 Å². The van der Waals surface area contributed by atoms with E-state index in [4.69, 9.17) is 5.73 Å². The molecular formula is C10H12N2O. The van der Waals surface area contributed by atoms with E-state index in [0.29, 0.717) is 30.2 Å². The lowest BCUT2D eigenvalue weighted by Crippen LogP contribution is -1.98. The summed E-state index contributed by atoms with van der Waals surface area (Å²) in [6, 6.07) is 3.75. The molecule has 1 fully saturated rings. The quantitative estimate of drug-likeness (QED) is 0.705. The van der Waals surface area contributed by atoms with E-state index < -0.39 is 0 Å². The highest BCUT2D eigenvalue weighted by Crippen LogP contribution is 2.30. The molecule has 2 N–H and O–H groups in total. The first kappa shape index (κ1) is 8.23. The summed E-state index contributed by atoms with van der Waals surface area (Å²) < 4.78 is 0. The van der Waals surface area contributed by atoms with Gasteiger partial charge in [-0.1, -0.05) is 0 Å². The largest absolute Gasteiger partial charge is 0.397 e. The first-order valence-electron chi connectivity index (χ1n) is 4.49.